The van der Waals surface area contributed by atoms with E-state index in [0.29, 0.717) is 6.54 Å². The van der Waals surface area contributed by atoms with Gasteiger partial charge in [-0.25, -0.2) is 0 Å². The molecule has 2 aromatic rings. The second-order valence-electron chi connectivity index (χ2n) is 5.16. The first-order valence-electron chi connectivity index (χ1n) is 6.22. The molecule has 0 bridgehead atoms. The van der Waals surface area contributed by atoms with Gasteiger partial charge >= 0.3 is 0 Å². The zero-order valence-electron chi connectivity index (χ0n) is 11.1. The Morgan fingerprint density at radius 1 is 1.21 bits per heavy atom. The first-order chi connectivity index (χ1) is 8.96. The third-order valence-electron chi connectivity index (χ3n) is 2.66. The Kier molecular flexibility index (Phi) is 4.63. The van der Waals surface area contributed by atoms with Crippen LogP contribution < -0.4 is 5.32 Å². The highest BCUT2D eigenvalue weighted by atomic mass is 35.5. The first kappa shape index (κ1) is 14.5. The highest BCUT2D eigenvalue weighted by Gasteiger charge is 2.12. The SMILES string of the molecule is CC(C)(O)CNCc1ccc(-c2ccccc2Cl)s1. The van der Waals surface area contributed by atoms with Crippen LogP contribution >= 0.6 is 22.9 Å². The van der Waals surface area contributed by atoms with Gasteiger partial charge in [-0.15, -0.1) is 11.3 Å². The maximum Gasteiger partial charge on any atom is 0.0715 e. The van der Waals surface area contributed by atoms with E-state index in [1.165, 1.54) is 9.75 Å². The molecule has 2 N–H and O–H groups in total. The van der Waals surface area contributed by atoms with E-state index in [1.807, 2.05) is 24.3 Å². The third-order valence-corrected chi connectivity index (χ3v) is 4.11. The number of halogens is 1. The molecule has 0 amide bonds. The lowest BCUT2D eigenvalue weighted by atomic mass is 10.1. The summed E-state index contributed by atoms with van der Waals surface area (Å²) in [5.74, 6) is 0. The Morgan fingerprint density at radius 2 is 1.95 bits per heavy atom. The molecule has 0 aliphatic rings. The highest BCUT2D eigenvalue weighted by Crippen LogP contribution is 2.33. The topological polar surface area (TPSA) is 32.3 Å². The molecule has 0 atom stereocenters. The van der Waals surface area contributed by atoms with Crippen LogP contribution in [-0.2, 0) is 6.54 Å². The maximum atomic E-state index is 9.64. The molecular weight excluding hydrogens is 278 g/mol. The summed E-state index contributed by atoms with van der Waals surface area (Å²) in [6.07, 6.45) is 0. The minimum absolute atomic E-state index is 0.576. The largest absolute Gasteiger partial charge is 0.389 e. The monoisotopic (exact) mass is 295 g/mol. The van der Waals surface area contributed by atoms with Gasteiger partial charge in [0, 0.05) is 33.4 Å². The number of rotatable bonds is 5. The van der Waals surface area contributed by atoms with E-state index in [0.717, 1.165) is 17.1 Å². The molecule has 2 nitrogen and oxygen atoms in total. The van der Waals surface area contributed by atoms with Crippen LogP contribution in [0.2, 0.25) is 5.02 Å². The van der Waals surface area contributed by atoms with Gasteiger partial charge in [-0.05, 0) is 32.0 Å². The van der Waals surface area contributed by atoms with Crippen molar-refractivity contribution < 1.29 is 5.11 Å². The Bertz CT molecular complexity index is 545. The van der Waals surface area contributed by atoms with Crippen molar-refractivity contribution in [3.8, 4) is 10.4 Å². The minimum Gasteiger partial charge on any atom is -0.389 e. The van der Waals surface area contributed by atoms with E-state index < -0.39 is 5.60 Å². The maximum absolute atomic E-state index is 9.64. The van der Waals surface area contributed by atoms with Gasteiger partial charge in [0.05, 0.1) is 5.60 Å². The molecule has 0 saturated heterocycles. The molecular formula is C15H18ClNOS. The van der Waals surface area contributed by atoms with Crippen molar-refractivity contribution >= 4 is 22.9 Å². The van der Waals surface area contributed by atoms with Crippen LogP contribution in [0.3, 0.4) is 0 Å². The van der Waals surface area contributed by atoms with Gasteiger partial charge in [-0.3, -0.25) is 0 Å². The summed E-state index contributed by atoms with van der Waals surface area (Å²) in [6, 6.07) is 12.1. The minimum atomic E-state index is -0.678. The third kappa shape index (κ3) is 4.32. The molecule has 0 unspecified atom stereocenters. The molecule has 102 valence electrons. The second-order valence-corrected chi connectivity index (χ2v) is 6.74. The predicted molar refractivity (Wildman–Crippen MR) is 82.8 cm³/mol. The van der Waals surface area contributed by atoms with E-state index in [2.05, 4.69) is 17.4 Å². The number of aliphatic hydroxyl groups is 1. The molecule has 0 saturated carbocycles. The van der Waals surface area contributed by atoms with Crippen molar-refractivity contribution in [3.05, 3.63) is 46.3 Å². The normalized spacial score (nSPS) is 11.8. The molecule has 1 aromatic carbocycles. The number of thiophene rings is 1. The molecule has 0 spiro atoms. The van der Waals surface area contributed by atoms with Gasteiger partial charge in [-0.2, -0.15) is 0 Å². The van der Waals surface area contributed by atoms with Gasteiger partial charge in [0.15, 0.2) is 0 Å². The summed E-state index contributed by atoms with van der Waals surface area (Å²) >= 11 is 7.91. The van der Waals surface area contributed by atoms with E-state index in [1.54, 1.807) is 25.2 Å². The van der Waals surface area contributed by atoms with E-state index in [9.17, 15) is 5.11 Å². The first-order valence-corrected chi connectivity index (χ1v) is 7.42. The van der Waals surface area contributed by atoms with Crippen molar-refractivity contribution in [3.63, 3.8) is 0 Å². The quantitative estimate of drug-likeness (QED) is 0.876. The average molecular weight is 296 g/mol. The van der Waals surface area contributed by atoms with Crippen molar-refractivity contribution in [2.24, 2.45) is 0 Å². The van der Waals surface area contributed by atoms with Crippen LogP contribution in [0.1, 0.15) is 18.7 Å². The Balaban J connectivity index is 2.02. The van der Waals surface area contributed by atoms with E-state index >= 15 is 0 Å². The van der Waals surface area contributed by atoms with Crippen molar-refractivity contribution in [2.75, 3.05) is 6.54 Å². The number of benzene rings is 1. The Labute approximate surface area is 123 Å². The van der Waals surface area contributed by atoms with Gasteiger partial charge in [0.2, 0.25) is 0 Å². The predicted octanol–water partition coefficient (Wildman–Crippen LogP) is 3.93. The lowest BCUT2D eigenvalue weighted by molar-refractivity contribution is 0.0796. The molecule has 0 aliphatic carbocycles. The summed E-state index contributed by atoms with van der Waals surface area (Å²) in [5.41, 5.74) is 0.394. The summed E-state index contributed by atoms with van der Waals surface area (Å²) < 4.78 is 0. The van der Waals surface area contributed by atoms with E-state index in [-0.39, 0.29) is 0 Å². The lowest BCUT2D eigenvalue weighted by Gasteiger charge is -2.17. The van der Waals surface area contributed by atoms with Gasteiger partial charge < -0.3 is 10.4 Å². The van der Waals surface area contributed by atoms with Crippen LogP contribution in [0.4, 0.5) is 0 Å². The molecule has 0 fully saturated rings. The zero-order chi connectivity index (χ0) is 13.9. The molecule has 0 radical (unpaired) electrons. The fraction of sp³-hybridized carbons (Fsp3) is 0.333. The Hall–Kier alpha value is -0.870. The molecule has 0 aliphatic heterocycles. The summed E-state index contributed by atoms with van der Waals surface area (Å²) in [6.45, 7) is 4.93. The van der Waals surface area contributed by atoms with Crippen molar-refractivity contribution in [1.82, 2.24) is 5.32 Å². The molecule has 1 aromatic heterocycles. The fourth-order valence-electron chi connectivity index (χ4n) is 1.77. The average Bonchev–Trinajstić information content (AvgIpc) is 2.76. The van der Waals surface area contributed by atoms with Crippen LogP contribution in [0.15, 0.2) is 36.4 Å². The van der Waals surface area contributed by atoms with Crippen LogP contribution in [0.5, 0.6) is 0 Å². The molecule has 1 heterocycles. The van der Waals surface area contributed by atoms with Crippen LogP contribution in [0, 0.1) is 0 Å². The van der Waals surface area contributed by atoms with Crippen molar-refractivity contribution in [2.45, 2.75) is 26.0 Å². The van der Waals surface area contributed by atoms with Crippen molar-refractivity contribution in [1.29, 1.82) is 0 Å². The number of hydrogen-bond acceptors (Lipinski definition) is 3. The standard InChI is InChI=1S/C15H18ClNOS/c1-15(2,18)10-17-9-11-7-8-14(19-11)12-5-3-4-6-13(12)16/h3-8,17-18H,9-10H2,1-2H3. The second kappa shape index (κ2) is 6.06. The summed E-state index contributed by atoms with van der Waals surface area (Å²) in [4.78, 5) is 2.41. The zero-order valence-corrected chi connectivity index (χ0v) is 12.7. The van der Waals surface area contributed by atoms with E-state index in [4.69, 9.17) is 11.6 Å². The smallest absolute Gasteiger partial charge is 0.0715 e. The lowest BCUT2D eigenvalue weighted by Crippen LogP contribution is -2.34. The van der Waals surface area contributed by atoms with Crippen LogP contribution in [-0.4, -0.2) is 17.3 Å². The molecule has 2 rings (SSSR count). The summed E-state index contributed by atoms with van der Waals surface area (Å²) in [5, 5.41) is 13.7. The highest BCUT2D eigenvalue weighted by molar-refractivity contribution is 7.15. The molecule has 4 heteroatoms. The Morgan fingerprint density at radius 3 is 2.63 bits per heavy atom. The van der Waals surface area contributed by atoms with Gasteiger partial charge in [-0.1, -0.05) is 29.8 Å². The number of nitrogens with one attached hydrogen (secondary N) is 1. The van der Waals surface area contributed by atoms with Crippen LogP contribution in [0.25, 0.3) is 10.4 Å². The molecule has 19 heavy (non-hydrogen) atoms. The van der Waals surface area contributed by atoms with Gasteiger partial charge in [0.25, 0.3) is 0 Å². The number of hydrogen-bond donors (Lipinski definition) is 2. The fourth-order valence-corrected chi connectivity index (χ4v) is 3.08. The van der Waals surface area contributed by atoms with Gasteiger partial charge in [0.1, 0.15) is 0 Å². The summed E-state index contributed by atoms with van der Waals surface area (Å²) in [7, 11) is 0.